The van der Waals surface area contributed by atoms with Gasteiger partial charge >= 0.3 is 0 Å². The van der Waals surface area contributed by atoms with Crippen molar-refractivity contribution >= 4 is 16.0 Å². The zero-order valence-electron chi connectivity index (χ0n) is 13.2. The van der Waals surface area contributed by atoms with E-state index in [1.54, 1.807) is 38.4 Å². The van der Waals surface area contributed by atoms with Crippen LogP contribution >= 0.6 is 0 Å². The summed E-state index contributed by atoms with van der Waals surface area (Å²) in [5, 5.41) is 6.06. The lowest BCUT2D eigenvalue weighted by molar-refractivity contribution is 0.203. The third-order valence-electron chi connectivity index (χ3n) is 2.86. The second-order valence-corrected chi connectivity index (χ2v) is 6.40. The fraction of sp³-hybridized carbons (Fsp3) is 0.500. The number of sulfonamides is 1. The first-order valence-corrected chi connectivity index (χ1v) is 8.47. The Labute approximate surface area is 132 Å². The zero-order valence-corrected chi connectivity index (χ0v) is 14.0. The van der Waals surface area contributed by atoms with Crippen LogP contribution in [0.2, 0.25) is 0 Å². The van der Waals surface area contributed by atoms with Crippen molar-refractivity contribution < 1.29 is 13.2 Å². The summed E-state index contributed by atoms with van der Waals surface area (Å²) < 4.78 is 31.6. The fourth-order valence-electron chi connectivity index (χ4n) is 1.66. The number of aliphatic imine (C=N–C) groups is 1. The molecule has 124 valence electrons. The third-order valence-corrected chi connectivity index (χ3v) is 4.34. The molecule has 0 saturated carbocycles. The monoisotopic (exact) mass is 328 g/mol. The molecule has 0 fully saturated rings. The number of rotatable bonds is 8. The molecule has 0 saturated heterocycles. The van der Waals surface area contributed by atoms with Crippen molar-refractivity contribution in [2.75, 3.05) is 40.4 Å². The topological polar surface area (TPSA) is 91.8 Å². The first-order valence-electron chi connectivity index (χ1n) is 6.99. The molecule has 1 rings (SSSR count). The van der Waals surface area contributed by atoms with Gasteiger partial charge in [-0.25, -0.2) is 13.1 Å². The van der Waals surface area contributed by atoms with Gasteiger partial charge in [0.1, 0.15) is 0 Å². The number of guanidine groups is 1. The van der Waals surface area contributed by atoms with Crippen molar-refractivity contribution in [1.29, 1.82) is 0 Å². The van der Waals surface area contributed by atoms with Crippen molar-refractivity contribution in [1.82, 2.24) is 15.4 Å². The van der Waals surface area contributed by atoms with Gasteiger partial charge in [0.25, 0.3) is 0 Å². The first kappa shape index (κ1) is 18.4. The molecule has 0 bridgehead atoms. The largest absolute Gasteiger partial charge is 0.383 e. The minimum atomic E-state index is -3.47. The Bertz CT molecular complexity index is 570. The van der Waals surface area contributed by atoms with E-state index in [-0.39, 0.29) is 11.4 Å². The highest BCUT2D eigenvalue weighted by molar-refractivity contribution is 7.89. The Kier molecular flexibility index (Phi) is 7.86. The van der Waals surface area contributed by atoms with E-state index >= 15 is 0 Å². The molecule has 1 aromatic carbocycles. The summed E-state index contributed by atoms with van der Waals surface area (Å²) in [7, 11) is -0.199. The van der Waals surface area contributed by atoms with Gasteiger partial charge in [0, 0.05) is 33.8 Å². The van der Waals surface area contributed by atoms with Crippen LogP contribution in [0.3, 0.4) is 0 Å². The zero-order chi connectivity index (χ0) is 16.4. The maximum absolute atomic E-state index is 12.1. The van der Waals surface area contributed by atoms with Gasteiger partial charge < -0.3 is 15.4 Å². The predicted octanol–water partition coefficient (Wildman–Crippen LogP) is 0.0847. The Morgan fingerprint density at radius 3 is 2.36 bits per heavy atom. The van der Waals surface area contributed by atoms with Crippen molar-refractivity contribution in [3.63, 3.8) is 0 Å². The molecule has 0 unspecified atom stereocenters. The van der Waals surface area contributed by atoms with E-state index in [0.717, 1.165) is 5.56 Å². The van der Waals surface area contributed by atoms with Crippen molar-refractivity contribution in [2.45, 2.75) is 11.8 Å². The normalized spacial score (nSPS) is 12.2. The van der Waals surface area contributed by atoms with Crippen LogP contribution in [0.15, 0.2) is 34.2 Å². The van der Waals surface area contributed by atoms with E-state index in [4.69, 9.17) is 4.74 Å². The Morgan fingerprint density at radius 2 is 1.77 bits per heavy atom. The quantitative estimate of drug-likeness (QED) is 0.357. The smallest absolute Gasteiger partial charge is 0.240 e. The molecule has 3 N–H and O–H groups in total. The third kappa shape index (κ3) is 6.42. The van der Waals surface area contributed by atoms with E-state index in [9.17, 15) is 8.42 Å². The molecule has 0 aliphatic carbocycles. The summed E-state index contributed by atoms with van der Waals surface area (Å²) in [6.07, 6.45) is 0. The summed E-state index contributed by atoms with van der Waals surface area (Å²) in [5.74, 6) is 0.603. The molecule has 0 spiro atoms. The molecule has 0 aromatic heterocycles. The number of benzene rings is 1. The number of hydrogen-bond donors (Lipinski definition) is 3. The lowest BCUT2D eigenvalue weighted by Gasteiger charge is -2.12. The number of ether oxygens (including phenoxy) is 1. The molecule has 0 aliphatic rings. The van der Waals surface area contributed by atoms with Crippen molar-refractivity contribution in [3.8, 4) is 0 Å². The Hall–Kier alpha value is -1.64. The second-order valence-electron chi connectivity index (χ2n) is 4.63. The molecule has 8 heteroatoms. The van der Waals surface area contributed by atoms with E-state index < -0.39 is 10.0 Å². The number of nitrogens with zero attached hydrogens (tertiary/aromatic N) is 1. The molecule has 0 amide bonds. The molecule has 0 atom stereocenters. The summed E-state index contributed by atoms with van der Waals surface area (Å²) in [6, 6.07) is 6.73. The van der Waals surface area contributed by atoms with Gasteiger partial charge in [0.2, 0.25) is 10.0 Å². The molecule has 7 nitrogen and oxygen atoms in total. The lowest BCUT2D eigenvalue weighted by Crippen LogP contribution is -2.42. The molecular weight excluding hydrogens is 304 g/mol. The molecule has 0 aliphatic heterocycles. The van der Waals surface area contributed by atoms with Crippen LogP contribution in [-0.4, -0.2) is 54.8 Å². The van der Waals surface area contributed by atoms with Crippen LogP contribution in [-0.2, 0) is 14.8 Å². The number of methoxy groups -OCH3 is 1. The van der Waals surface area contributed by atoms with E-state index in [1.165, 1.54) is 0 Å². The summed E-state index contributed by atoms with van der Waals surface area (Å²) >= 11 is 0. The number of nitrogens with one attached hydrogen (secondary N) is 3. The average molecular weight is 328 g/mol. The predicted molar refractivity (Wildman–Crippen MR) is 87.6 cm³/mol. The van der Waals surface area contributed by atoms with E-state index in [1.807, 2.05) is 6.92 Å². The minimum absolute atomic E-state index is 0.265. The molecule has 1 aromatic rings. The van der Waals surface area contributed by atoms with Gasteiger partial charge in [-0.2, -0.15) is 0 Å². The van der Waals surface area contributed by atoms with Crippen LogP contribution in [0.1, 0.15) is 5.56 Å². The van der Waals surface area contributed by atoms with Crippen LogP contribution < -0.4 is 15.4 Å². The maximum Gasteiger partial charge on any atom is 0.240 e. The molecular formula is C14H24N4O3S. The standard InChI is InChI=1S/C14H24N4O3S/c1-12-4-6-13(7-5-12)22(19,20)18-9-8-16-14(15-2)17-10-11-21-3/h4-7,18H,8-11H2,1-3H3,(H2,15,16,17). The average Bonchev–Trinajstić information content (AvgIpc) is 2.50. The fourth-order valence-corrected chi connectivity index (χ4v) is 2.69. The summed E-state index contributed by atoms with van der Waals surface area (Å²) in [4.78, 5) is 4.29. The second kappa shape index (κ2) is 9.39. The number of aryl methyl sites for hydroxylation is 1. The van der Waals surface area contributed by atoms with E-state index in [2.05, 4.69) is 20.3 Å². The first-order chi connectivity index (χ1) is 10.5. The van der Waals surface area contributed by atoms with Crippen LogP contribution in [0.25, 0.3) is 0 Å². The van der Waals surface area contributed by atoms with E-state index in [0.29, 0.717) is 25.7 Å². The Balaban J connectivity index is 2.38. The van der Waals surface area contributed by atoms with Crippen LogP contribution in [0.5, 0.6) is 0 Å². The van der Waals surface area contributed by atoms with Gasteiger partial charge in [-0.1, -0.05) is 17.7 Å². The van der Waals surface area contributed by atoms with Crippen molar-refractivity contribution in [2.24, 2.45) is 4.99 Å². The van der Waals surface area contributed by atoms with Gasteiger partial charge in [-0.15, -0.1) is 0 Å². The van der Waals surface area contributed by atoms with Crippen LogP contribution in [0.4, 0.5) is 0 Å². The van der Waals surface area contributed by atoms with Gasteiger partial charge in [0.05, 0.1) is 11.5 Å². The lowest BCUT2D eigenvalue weighted by atomic mass is 10.2. The SMILES string of the molecule is CN=C(NCCNS(=O)(=O)c1ccc(C)cc1)NCCOC. The molecule has 22 heavy (non-hydrogen) atoms. The Morgan fingerprint density at radius 1 is 1.14 bits per heavy atom. The minimum Gasteiger partial charge on any atom is -0.383 e. The molecule has 0 heterocycles. The summed E-state index contributed by atoms with van der Waals surface area (Å²) in [6.45, 7) is 3.81. The maximum atomic E-state index is 12.1. The number of hydrogen-bond acceptors (Lipinski definition) is 4. The van der Waals surface area contributed by atoms with Gasteiger partial charge in [-0.05, 0) is 19.1 Å². The summed E-state index contributed by atoms with van der Waals surface area (Å²) in [5.41, 5.74) is 1.02. The van der Waals surface area contributed by atoms with Gasteiger partial charge in [-0.3, -0.25) is 4.99 Å². The van der Waals surface area contributed by atoms with Crippen molar-refractivity contribution in [3.05, 3.63) is 29.8 Å². The van der Waals surface area contributed by atoms with Gasteiger partial charge in [0.15, 0.2) is 5.96 Å². The van der Waals surface area contributed by atoms with Crippen LogP contribution in [0, 0.1) is 6.92 Å². The molecule has 0 radical (unpaired) electrons. The highest BCUT2D eigenvalue weighted by Crippen LogP contribution is 2.09. The highest BCUT2D eigenvalue weighted by atomic mass is 32.2. The highest BCUT2D eigenvalue weighted by Gasteiger charge is 2.12.